The normalized spacial score (nSPS) is 19.1. The molecule has 1 amide bonds. The molecule has 2 N–H and O–H groups in total. The van der Waals surface area contributed by atoms with Crippen LogP contribution in [-0.2, 0) is 11.3 Å². The standard InChI is InChI=1S/C22H32N4O2/c1-15(28-14-18-3-4-18)11-24-22(27)19-5-6-21-20(16(19)2)13-26(25-21)12-17-7-9-23-10-8-17/h5-6,13,15,17-18,23H,3-4,7-12,14H2,1-2H3,(H,24,27). The first kappa shape index (κ1) is 19.4. The van der Waals surface area contributed by atoms with Crippen molar-refractivity contribution in [3.63, 3.8) is 0 Å². The summed E-state index contributed by atoms with van der Waals surface area (Å²) in [5, 5.41) is 12.2. The summed E-state index contributed by atoms with van der Waals surface area (Å²) in [5.41, 5.74) is 2.69. The van der Waals surface area contributed by atoms with Gasteiger partial charge in [-0.25, -0.2) is 0 Å². The first-order chi connectivity index (χ1) is 13.6. The van der Waals surface area contributed by atoms with Gasteiger partial charge in [0.2, 0.25) is 0 Å². The molecule has 0 spiro atoms. The molecule has 2 heterocycles. The monoisotopic (exact) mass is 384 g/mol. The number of aromatic nitrogens is 2. The maximum absolute atomic E-state index is 12.7. The number of piperidine rings is 1. The molecule has 6 heteroatoms. The average Bonchev–Trinajstić information content (AvgIpc) is 3.44. The van der Waals surface area contributed by atoms with E-state index in [4.69, 9.17) is 9.84 Å². The van der Waals surface area contributed by atoms with Gasteiger partial charge in [-0.15, -0.1) is 0 Å². The van der Waals surface area contributed by atoms with Crippen LogP contribution in [0.4, 0.5) is 0 Å². The molecule has 1 aromatic carbocycles. The summed E-state index contributed by atoms with van der Waals surface area (Å²) in [5.74, 6) is 1.38. The topological polar surface area (TPSA) is 68.2 Å². The smallest absolute Gasteiger partial charge is 0.251 e. The van der Waals surface area contributed by atoms with Crippen molar-refractivity contribution in [1.82, 2.24) is 20.4 Å². The number of fused-ring (bicyclic) bond motifs is 1. The lowest BCUT2D eigenvalue weighted by Gasteiger charge is -2.22. The third-order valence-electron chi connectivity index (χ3n) is 6.02. The highest BCUT2D eigenvalue weighted by Gasteiger charge is 2.22. The van der Waals surface area contributed by atoms with Gasteiger partial charge in [-0.05, 0) is 82.2 Å². The minimum atomic E-state index is -0.0348. The third-order valence-corrected chi connectivity index (χ3v) is 6.02. The van der Waals surface area contributed by atoms with Crippen molar-refractivity contribution in [2.75, 3.05) is 26.2 Å². The number of aryl methyl sites for hydroxylation is 1. The highest BCUT2D eigenvalue weighted by atomic mass is 16.5. The van der Waals surface area contributed by atoms with Crippen LogP contribution in [0, 0.1) is 18.8 Å². The molecule has 1 atom stereocenters. The zero-order chi connectivity index (χ0) is 19.5. The highest BCUT2D eigenvalue weighted by molar-refractivity contribution is 6.00. The Labute approximate surface area is 167 Å². The van der Waals surface area contributed by atoms with E-state index < -0.39 is 0 Å². The zero-order valence-electron chi connectivity index (χ0n) is 17.0. The number of rotatable bonds is 8. The number of amides is 1. The summed E-state index contributed by atoms with van der Waals surface area (Å²) >= 11 is 0. The average molecular weight is 385 g/mol. The van der Waals surface area contributed by atoms with E-state index in [0.717, 1.165) is 54.2 Å². The Kier molecular flexibility index (Phi) is 5.97. The Morgan fingerprint density at radius 3 is 2.82 bits per heavy atom. The number of benzene rings is 1. The predicted octanol–water partition coefficient (Wildman–Crippen LogP) is 2.89. The Balaban J connectivity index is 1.39. The summed E-state index contributed by atoms with van der Waals surface area (Å²) in [6.45, 7) is 8.53. The van der Waals surface area contributed by atoms with Crippen molar-refractivity contribution < 1.29 is 9.53 Å². The first-order valence-corrected chi connectivity index (χ1v) is 10.7. The second-order valence-electron chi connectivity index (χ2n) is 8.51. The molecule has 1 aliphatic heterocycles. The van der Waals surface area contributed by atoms with Crippen molar-refractivity contribution in [1.29, 1.82) is 0 Å². The molecule has 0 bridgehead atoms. The summed E-state index contributed by atoms with van der Waals surface area (Å²) in [6, 6.07) is 3.85. The highest BCUT2D eigenvalue weighted by Crippen LogP contribution is 2.29. The number of nitrogens with zero attached hydrogens (tertiary/aromatic N) is 2. The van der Waals surface area contributed by atoms with Crippen LogP contribution in [0.2, 0.25) is 0 Å². The summed E-state index contributed by atoms with van der Waals surface area (Å²) in [7, 11) is 0. The van der Waals surface area contributed by atoms with Crippen molar-refractivity contribution in [3.8, 4) is 0 Å². The number of carbonyl (C=O) groups excluding carboxylic acids is 1. The molecular formula is C22H32N4O2. The Morgan fingerprint density at radius 1 is 1.29 bits per heavy atom. The maximum atomic E-state index is 12.7. The maximum Gasteiger partial charge on any atom is 0.251 e. The van der Waals surface area contributed by atoms with Gasteiger partial charge in [0.1, 0.15) is 0 Å². The molecule has 0 radical (unpaired) electrons. The van der Waals surface area contributed by atoms with Crippen molar-refractivity contribution in [2.24, 2.45) is 11.8 Å². The number of hydrogen-bond acceptors (Lipinski definition) is 4. The van der Waals surface area contributed by atoms with E-state index in [9.17, 15) is 4.79 Å². The molecule has 6 nitrogen and oxygen atoms in total. The van der Waals surface area contributed by atoms with E-state index in [0.29, 0.717) is 12.5 Å². The van der Waals surface area contributed by atoms with E-state index in [-0.39, 0.29) is 12.0 Å². The van der Waals surface area contributed by atoms with E-state index >= 15 is 0 Å². The molecule has 2 aromatic rings. The van der Waals surface area contributed by atoms with Gasteiger partial charge < -0.3 is 15.4 Å². The largest absolute Gasteiger partial charge is 0.376 e. The first-order valence-electron chi connectivity index (χ1n) is 10.7. The van der Waals surface area contributed by atoms with E-state index in [2.05, 4.69) is 21.5 Å². The summed E-state index contributed by atoms with van der Waals surface area (Å²) < 4.78 is 7.85. The van der Waals surface area contributed by atoms with Gasteiger partial charge in [-0.2, -0.15) is 5.10 Å². The fraction of sp³-hybridized carbons (Fsp3) is 0.636. The molecule has 152 valence electrons. The second kappa shape index (κ2) is 8.62. The SMILES string of the molecule is Cc1c(C(=O)NCC(C)OCC2CC2)ccc2nn(CC3CCNCC3)cc12. The zero-order valence-corrected chi connectivity index (χ0v) is 17.0. The quantitative estimate of drug-likeness (QED) is 0.734. The third kappa shape index (κ3) is 4.73. The number of carbonyl (C=O) groups is 1. The minimum Gasteiger partial charge on any atom is -0.376 e. The lowest BCUT2D eigenvalue weighted by Crippen LogP contribution is -2.32. The van der Waals surface area contributed by atoms with E-state index in [1.165, 1.54) is 25.7 Å². The van der Waals surface area contributed by atoms with Crippen LogP contribution in [0.25, 0.3) is 10.9 Å². The molecule has 2 aliphatic rings. The fourth-order valence-corrected chi connectivity index (χ4v) is 3.92. The van der Waals surface area contributed by atoms with Gasteiger partial charge in [0, 0.05) is 36.8 Å². The Hall–Kier alpha value is -1.92. The van der Waals surface area contributed by atoms with Crippen LogP contribution in [0.1, 0.15) is 48.5 Å². The number of hydrogen-bond donors (Lipinski definition) is 2. The van der Waals surface area contributed by atoms with Gasteiger partial charge in [0.15, 0.2) is 0 Å². The van der Waals surface area contributed by atoms with Gasteiger partial charge in [0.25, 0.3) is 5.91 Å². The van der Waals surface area contributed by atoms with Crippen molar-refractivity contribution in [3.05, 3.63) is 29.5 Å². The summed E-state index contributed by atoms with van der Waals surface area (Å²) in [4.78, 5) is 12.7. The van der Waals surface area contributed by atoms with Crippen LogP contribution in [0.5, 0.6) is 0 Å². The predicted molar refractivity (Wildman–Crippen MR) is 111 cm³/mol. The molecule has 1 saturated carbocycles. The van der Waals surface area contributed by atoms with Gasteiger partial charge in [-0.3, -0.25) is 9.48 Å². The van der Waals surface area contributed by atoms with Gasteiger partial charge in [0.05, 0.1) is 11.6 Å². The van der Waals surface area contributed by atoms with Crippen LogP contribution < -0.4 is 10.6 Å². The fourth-order valence-electron chi connectivity index (χ4n) is 3.92. The van der Waals surface area contributed by atoms with Gasteiger partial charge >= 0.3 is 0 Å². The molecule has 1 aromatic heterocycles. The van der Waals surface area contributed by atoms with Gasteiger partial charge in [-0.1, -0.05) is 0 Å². The molecule has 1 saturated heterocycles. The van der Waals surface area contributed by atoms with Crippen molar-refractivity contribution >= 4 is 16.8 Å². The van der Waals surface area contributed by atoms with Crippen LogP contribution in [0.15, 0.2) is 18.3 Å². The van der Waals surface area contributed by atoms with Crippen LogP contribution in [-0.4, -0.2) is 48.0 Å². The molecule has 28 heavy (non-hydrogen) atoms. The Morgan fingerprint density at radius 2 is 2.07 bits per heavy atom. The second-order valence-corrected chi connectivity index (χ2v) is 8.51. The van der Waals surface area contributed by atoms with Crippen LogP contribution >= 0.6 is 0 Å². The minimum absolute atomic E-state index is 0.0348. The molecular weight excluding hydrogens is 352 g/mol. The van der Waals surface area contributed by atoms with Crippen LogP contribution in [0.3, 0.4) is 0 Å². The lowest BCUT2D eigenvalue weighted by molar-refractivity contribution is 0.0555. The molecule has 1 aliphatic carbocycles. The van der Waals surface area contributed by atoms with Crippen molar-refractivity contribution in [2.45, 2.75) is 52.2 Å². The number of ether oxygens (including phenoxy) is 1. The number of nitrogens with one attached hydrogen (secondary N) is 2. The summed E-state index contributed by atoms with van der Waals surface area (Å²) in [6.07, 6.45) is 7.10. The molecule has 2 fully saturated rings. The van der Waals surface area contributed by atoms with E-state index in [1.54, 1.807) is 0 Å². The Bertz CT molecular complexity index is 821. The lowest BCUT2D eigenvalue weighted by atomic mass is 9.98. The van der Waals surface area contributed by atoms with E-state index in [1.807, 2.05) is 26.0 Å². The molecule has 4 rings (SSSR count). The molecule has 1 unspecified atom stereocenters.